The Labute approximate surface area is 102 Å². The van der Waals surface area contributed by atoms with Crippen LogP contribution in [0.2, 0.25) is 6.82 Å². The average Bonchev–Trinajstić information content (AvgIpc) is 2.40. The minimum atomic E-state index is 0.633. The van der Waals surface area contributed by atoms with Crippen LogP contribution in [0.5, 0.6) is 11.5 Å². The topological polar surface area (TPSA) is 33.0 Å². The third-order valence-corrected chi connectivity index (χ3v) is 2.43. The molecule has 0 aliphatic heterocycles. The molecule has 0 spiro atoms. The first-order valence-electron chi connectivity index (χ1n) is 5.39. The van der Waals surface area contributed by atoms with E-state index < -0.39 is 0 Å². The Balaban J connectivity index is 2.11. The Kier molecular flexibility index (Phi) is 3.47. The summed E-state index contributed by atoms with van der Waals surface area (Å²) in [5.74, 6) is 1.53. The molecule has 0 amide bonds. The van der Waals surface area contributed by atoms with Gasteiger partial charge in [0, 0.05) is 0 Å². The normalized spacial score (nSPS) is 9.41. The first-order chi connectivity index (χ1) is 8.31. The van der Waals surface area contributed by atoms with E-state index in [1.807, 2.05) is 38.4 Å². The molecule has 81 valence electrons. The van der Waals surface area contributed by atoms with E-state index in [0.717, 1.165) is 17.0 Å². The fraction of sp³-hybridized carbons (Fsp3) is 0.0714. The summed E-state index contributed by atoms with van der Waals surface area (Å²) in [4.78, 5) is 0. The van der Waals surface area contributed by atoms with Gasteiger partial charge in [-0.25, -0.2) is 0 Å². The van der Waals surface area contributed by atoms with Gasteiger partial charge in [0.05, 0.1) is 11.6 Å². The molecule has 0 heterocycles. The highest BCUT2D eigenvalue weighted by Crippen LogP contribution is 2.20. The first kappa shape index (κ1) is 11.3. The summed E-state index contributed by atoms with van der Waals surface area (Å²) in [6, 6.07) is 17.0. The molecule has 0 fully saturated rings. The van der Waals surface area contributed by atoms with Crippen molar-refractivity contribution in [1.82, 2.24) is 0 Å². The Morgan fingerprint density at radius 1 is 0.941 bits per heavy atom. The van der Waals surface area contributed by atoms with Crippen molar-refractivity contribution >= 4 is 12.7 Å². The molecule has 3 heteroatoms. The Morgan fingerprint density at radius 2 is 1.47 bits per heavy atom. The van der Waals surface area contributed by atoms with Crippen LogP contribution in [0.1, 0.15) is 5.56 Å². The SMILES string of the molecule is C[B]c1ccc(Oc2ccc(C#N)cc2)cc1. The number of hydrogen-bond donors (Lipinski definition) is 0. The lowest BCUT2D eigenvalue weighted by atomic mass is 9.73. The number of rotatable bonds is 3. The monoisotopic (exact) mass is 220 g/mol. The molecule has 0 N–H and O–H groups in total. The van der Waals surface area contributed by atoms with Gasteiger partial charge in [-0.1, -0.05) is 24.4 Å². The molecule has 17 heavy (non-hydrogen) atoms. The second-order valence-electron chi connectivity index (χ2n) is 3.60. The highest BCUT2D eigenvalue weighted by molar-refractivity contribution is 6.51. The summed E-state index contributed by atoms with van der Waals surface area (Å²) < 4.78 is 5.65. The second-order valence-corrected chi connectivity index (χ2v) is 3.60. The highest BCUT2D eigenvalue weighted by atomic mass is 16.5. The van der Waals surface area contributed by atoms with Crippen molar-refractivity contribution in [2.45, 2.75) is 6.82 Å². The van der Waals surface area contributed by atoms with Gasteiger partial charge in [-0.3, -0.25) is 0 Å². The molecule has 2 rings (SSSR count). The zero-order valence-electron chi connectivity index (χ0n) is 9.55. The van der Waals surface area contributed by atoms with Crippen molar-refractivity contribution in [1.29, 1.82) is 5.26 Å². The van der Waals surface area contributed by atoms with Crippen LogP contribution in [0, 0.1) is 11.3 Å². The molecule has 0 atom stereocenters. The molecule has 1 radical (unpaired) electrons. The molecule has 0 aromatic heterocycles. The summed E-state index contributed by atoms with van der Waals surface area (Å²) in [7, 11) is 2.03. The fourth-order valence-corrected chi connectivity index (χ4v) is 1.46. The maximum Gasteiger partial charge on any atom is 0.148 e. The van der Waals surface area contributed by atoms with Crippen molar-refractivity contribution in [2.75, 3.05) is 0 Å². The van der Waals surface area contributed by atoms with E-state index in [9.17, 15) is 0 Å². The standard InChI is InChI=1S/C14H11BNO/c1-15-12-4-8-14(9-5-12)17-13-6-2-11(10-16)3-7-13/h2-9H,1H3. The molecule has 0 bridgehead atoms. The van der Waals surface area contributed by atoms with Crippen molar-refractivity contribution in [3.63, 3.8) is 0 Å². The summed E-state index contributed by atoms with van der Waals surface area (Å²) in [5.41, 5.74) is 1.80. The predicted molar refractivity (Wildman–Crippen MR) is 68.9 cm³/mol. The molecule has 0 saturated carbocycles. The van der Waals surface area contributed by atoms with E-state index >= 15 is 0 Å². The summed E-state index contributed by atoms with van der Waals surface area (Å²) >= 11 is 0. The lowest BCUT2D eigenvalue weighted by Gasteiger charge is -2.06. The quantitative estimate of drug-likeness (QED) is 0.745. The third-order valence-electron chi connectivity index (χ3n) is 2.43. The van der Waals surface area contributed by atoms with Crippen LogP contribution < -0.4 is 10.2 Å². The Morgan fingerprint density at radius 3 is 1.94 bits per heavy atom. The van der Waals surface area contributed by atoms with Crippen molar-refractivity contribution in [2.24, 2.45) is 0 Å². The van der Waals surface area contributed by atoms with Gasteiger partial charge in [0.2, 0.25) is 0 Å². The van der Waals surface area contributed by atoms with Crippen LogP contribution in [-0.2, 0) is 0 Å². The molecule has 0 unspecified atom stereocenters. The number of benzene rings is 2. The molecular weight excluding hydrogens is 209 g/mol. The lowest BCUT2D eigenvalue weighted by Crippen LogP contribution is -2.08. The van der Waals surface area contributed by atoms with Gasteiger partial charge in [-0.2, -0.15) is 5.26 Å². The number of nitrogens with zero attached hydrogens (tertiary/aromatic N) is 1. The van der Waals surface area contributed by atoms with Gasteiger partial charge in [-0.15, -0.1) is 0 Å². The molecule has 2 nitrogen and oxygen atoms in total. The predicted octanol–water partition coefficient (Wildman–Crippen LogP) is 2.73. The zero-order chi connectivity index (χ0) is 12.1. The highest BCUT2D eigenvalue weighted by Gasteiger charge is 1.98. The summed E-state index contributed by atoms with van der Waals surface area (Å²) in [6.45, 7) is 2.00. The lowest BCUT2D eigenvalue weighted by molar-refractivity contribution is 0.483. The van der Waals surface area contributed by atoms with Gasteiger partial charge in [0.1, 0.15) is 18.8 Å². The Bertz CT molecular complexity index is 526. The smallest absolute Gasteiger partial charge is 0.148 e. The van der Waals surface area contributed by atoms with E-state index in [1.54, 1.807) is 24.3 Å². The van der Waals surface area contributed by atoms with Crippen molar-refractivity contribution < 1.29 is 4.74 Å². The van der Waals surface area contributed by atoms with E-state index in [2.05, 4.69) is 6.07 Å². The van der Waals surface area contributed by atoms with Gasteiger partial charge in [-0.05, 0) is 36.4 Å². The molecule has 2 aromatic rings. The number of ether oxygens (including phenoxy) is 1. The van der Waals surface area contributed by atoms with Crippen LogP contribution in [0.3, 0.4) is 0 Å². The average molecular weight is 220 g/mol. The van der Waals surface area contributed by atoms with Crippen LogP contribution in [-0.4, -0.2) is 7.28 Å². The van der Waals surface area contributed by atoms with Crippen LogP contribution in [0.4, 0.5) is 0 Å². The zero-order valence-corrected chi connectivity index (χ0v) is 9.55. The van der Waals surface area contributed by atoms with E-state index in [4.69, 9.17) is 10.00 Å². The molecule has 0 aliphatic rings. The van der Waals surface area contributed by atoms with Crippen molar-refractivity contribution in [3.05, 3.63) is 54.1 Å². The Hall–Kier alpha value is -2.21. The number of nitriles is 1. The van der Waals surface area contributed by atoms with Crippen LogP contribution in [0.25, 0.3) is 0 Å². The van der Waals surface area contributed by atoms with Crippen LogP contribution in [0.15, 0.2) is 48.5 Å². The molecule has 0 aliphatic carbocycles. The summed E-state index contributed by atoms with van der Waals surface area (Å²) in [6.07, 6.45) is 0. The molecule has 2 aromatic carbocycles. The third kappa shape index (κ3) is 2.88. The fourth-order valence-electron chi connectivity index (χ4n) is 1.46. The summed E-state index contributed by atoms with van der Waals surface area (Å²) in [5, 5.41) is 8.68. The molecular formula is C14H11BNO. The van der Waals surface area contributed by atoms with Crippen LogP contribution >= 0.6 is 0 Å². The molecule has 0 saturated heterocycles. The van der Waals surface area contributed by atoms with Gasteiger partial charge >= 0.3 is 0 Å². The van der Waals surface area contributed by atoms with Gasteiger partial charge in [0.15, 0.2) is 0 Å². The van der Waals surface area contributed by atoms with Gasteiger partial charge in [0.25, 0.3) is 0 Å². The van der Waals surface area contributed by atoms with E-state index in [-0.39, 0.29) is 0 Å². The van der Waals surface area contributed by atoms with E-state index in [1.165, 1.54) is 0 Å². The van der Waals surface area contributed by atoms with Gasteiger partial charge < -0.3 is 4.74 Å². The minimum Gasteiger partial charge on any atom is -0.457 e. The van der Waals surface area contributed by atoms with E-state index in [0.29, 0.717) is 5.56 Å². The maximum atomic E-state index is 8.68. The first-order valence-corrected chi connectivity index (χ1v) is 5.39. The largest absolute Gasteiger partial charge is 0.457 e. The second kappa shape index (κ2) is 5.22. The van der Waals surface area contributed by atoms with Crippen molar-refractivity contribution in [3.8, 4) is 17.6 Å². The number of hydrogen-bond acceptors (Lipinski definition) is 2. The minimum absolute atomic E-state index is 0.633. The maximum absolute atomic E-state index is 8.68.